The van der Waals surface area contributed by atoms with Crippen LogP contribution in [0.5, 0.6) is 0 Å². The maximum Gasteiger partial charge on any atom is 0.256 e. The number of anilines is 1. The minimum atomic E-state index is -3.43. The summed E-state index contributed by atoms with van der Waals surface area (Å²) in [5, 5.41) is 2.95. The standard InChI is InChI=1S/C27H24N2O3S/c1-18-10-12-23(19(2)15-18)25-17-22(33(3,31)32)11-13-24(25)27(30)29-21-8-6-7-20(16-21)26-9-4-5-14-28-26/h4-17H,1-3H3,(H,29,30). The van der Waals surface area contributed by atoms with Crippen LogP contribution in [0.25, 0.3) is 22.4 Å². The molecule has 0 bridgehead atoms. The summed E-state index contributed by atoms with van der Waals surface area (Å²) in [6, 6.07) is 23.6. The zero-order valence-corrected chi connectivity index (χ0v) is 19.5. The summed E-state index contributed by atoms with van der Waals surface area (Å²) in [5.41, 5.74) is 6.17. The van der Waals surface area contributed by atoms with Crippen molar-refractivity contribution >= 4 is 21.4 Å². The lowest BCUT2D eigenvalue weighted by atomic mass is 9.94. The Labute approximate surface area is 194 Å². The third-order valence-electron chi connectivity index (χ3n) is 5.42. The van der Waals surface area contributed by atoms with Crippen molar-refractivity contribution in [3.8, 4) is 22.4 Å². The van der Waals surface area contributed by atoms with E-state index in [2.05, 4.69) is 10.3 Å². The van der Waals surface area contributed by atoms with Crippen LogP contribution in [0.2, 0.25) is 0 Å². The van der Waals surface area contributed by atoms with E-state index in [0.29, 0.717) is 16.8 Å². The van der Waals surface area contributed by atoms with Gasteiger partial charge in [0.25, 0.3) is 5.91 Å². The number of nitrogens with zero attached hydrogens (tertiary/aromatic N) is 1. The first-order chi connectivity index (χ1) is 15.7. The number of amides is 1. The smallest absolute Gasteiger partial charge is 0.256 e. The highest BCUT2D eigenvalue weighted by Gasteiger charge is 2.18. The first-order valence-electron chi connectivity index (χ1n) is 10.5. The van der Waals surface area contributed by atoms with Crippen molar-refractivity contribution < 1.29 is 13.2 Å². The number of carbonyl (C=O) groups is 1. The van der Waals surface area contributed by atoms with Gasteiger partial charge >= 0.3 is 0 Å². The second kappa shape index (κ2) is 9.00. The molecule has 0 radical (unpaired) electrons. The molecule has 1 N–H and O–H groups in total. The van der Waals surface area contributed by atoms with Gasteiger partial charge in [-0.3, -0.25) is 9.78 Å². The molecule has 4 rings (SSSR count). The number of sulfone groups is 1. The van der Waals surface area contributed by atoms with Gasteiger partial charge in [0, 0.05) is 29.3 Å². The van der Waals surface area contributed by atoms with E-state index in [4.69, 9.17) is 0 Å². The Morgan fingerprint density at radius 1 is 0.848 bits per heavy atom. The van der Waals surface area contributed by atoms with Crippen LogP contribution in [0.1, 0.15) is 21.5 Å². The Morgan fingerprint density at radius 2 is 1.67 bits per heavy atom. The molecule has 0 spiro atoms. The molecule has 3 aromatic carbocycles. The SMILES string of the molecule is Cc1ccc(-c2cc(S(C)(=O)=O)ccc2C(=O)Nc2cccc(-c3ccccn3)c2)c(C)c1. The number of pyridine rings is 1. The van der Waals surface area contributed by atoms with Crippen molar-refractivity contribution in [3.05, 3.63) is 102 Å². The topological polar surface area (TPSA) is 76.1 Å². The van der Waals surface area contributed by atoms with Crippen LogP contribution in [0.15, 0.2) is 90.0 Å². The van der Waals surface area contributed by atoms with Crippen molar-refractivity contribution in [3.63, 3.8) is 0 Å². The Hall–Kier alpha value is -3.77. The zero-order chi connectivity index (χ0) is 23.6. The molecular weight excluding hydrogens is 432 g/mol. The minimum Gasteiger partial charge on any atom is -0.322 e. The molecule has 33 heavy (non-hydrogen) atoms. The second-order valence-electron chi connectivity index (χ2n) is 8.05. The van der Waals surface area contributed by atoms with E-state index in [1.807, 2.05) is 74.5 Å². The van der Waals surface area contributed by atoms with Crippen LogP contribution in [0.4, 0.5) is 5.69 Å². The van der Waals surface area contributed by atoms with Gasteiger partial charge in [0.15, 0.2) is 9.84 Å². The molecule has 0 aliphatic heterocycles. The molecule has 1 heterocycles. The van der Waals surface area contributed by atoms with E-state index in [0.717, 1.165) is 34.2 Å². The first kappa shape index (κ1) is 22.4. The van der Waals surface area contributed by atoms with Crippen LogP contribution < -0.4 is 5.32 Å². The molecule has 0 unspecified atom stereocenters. The third kappa shape index (κ3) is 5.02. The van der Waals surface area contributed by atoms with Gasteiger partial charge in [-0.1, -0.05) is 42.0 Å². The summed E-state index contributed by atoms with van der Waals surface area (Å²) in [4.78, 5) is 17.9. The highest BCUT2D eigenvalue weighted by Crippen LogP contribution is 2.31. The number of aryl methyl sites for hydroxylation is 2. The average Bonchev–Trinajstić information content (AvgIpc) is 2.79. The van der Waals surface area contributed by atoms with E-state index in [9.17, 15) is 13.2 Å². The van der Waals surface area contributed by atoms with Crippen LogP contribution in [-0.2, 0) is 9.84 Å². The molecule has 0 aliphatic rings. The van der Waals surface area contributed by atoms with Crippen molar-refractivity contribution in [2.45, 2.75) is 18.7 Å². The molecule has 5 nitrogen and oxygen atoms in total. The molecule has 0 fully saturated rings. The summed E-state index contributed by atoms with van der Waals surface area (Å²) in [6.45, 7) is 3.94. The maximum absolute atomic E-state index is 13.3. The summed E-state index contributed by atoms with van der Waals surface area (Å²) in [6.07, 6.45) is 2.89. The highest BCUT2D eigenvalue weighted by molar-refractivity contribution is 7.90. The van der Waals surface area contributed by atoms with E-state index in [-0.39, 0.29) is 10.8 Å². The fourth-order valence-corrected chi connectivity index (χ4v) is 4.43. The zero-order valence-electron chi connectivity index (χ0n) is 18.7. The van der Waals surface area contributed by atoms with Gasteiger partial charge in [-0.25, -0.2) is 8.42 Å². The predicted molar refractivity (Wildman–Crippen MR) is 132 cm³/mol. The number of carbonyl (C=O) groups excluding carboxylic acids is 1. The Kier molecular flexibility index (Phi) is 6.11. The average molecular weight is 457 g/mol. The van der Waals surface area contributed by atoms with E-state index < -0.39 is 9.84 Å². The second-order valence-corrected chi connectivity index (χ2v) is 10.1. The molecule has 0 aliphatic carbocycles. The first-order valence-corrected chi connectivity index (χ1v) is 12.4. The molecule has 1 amide bonds. The molecule has 0 saturated carbocycles. The number of hydrogen-bond donors (Lipinski definition) is 1. The van der Waals surface area contributed by atoms with Crippen molar-refractivity contribution in [1.82, 2.24) is 4.98 Å². The van der Waals surface area contributed by atoms with Crippen LogP contribution in [0, 0.1) is 13.8 Å². The number of hydrogen-bond acceptors (Lipinski definition) is 4. The molecule has 0 atom stereocenters. The fraction of sp³-hybridized carbons (Fsp3) is 0.111. The minimum absolute atomic E-state index is 0.172. The number of nitrogens with one attached hydrogen (secondary N) is 1. The maximum atomic E-state index is 13.3. The molecule has 4 aromatic rings. The van der Waals surface area contributed by atoms with Crippen molar-refractivity contribution in [2.75, 3.05) is 11.6 Å². The monoisotopic (exact) mass is 456 g/mol. The number of benzene rings is 3. The van der Waals surface area contributed by atoms with Gasteiger partial charge < -0.3 is 5.32 Å². The van der Waals surface area contributed by atoms with Gasteiger partial charge in [0.2, 0.25) is 0 Å². The number of aromatic nitrogens is 1. The Bertz CT molecular complexity index is 1450. The van der Waals surface area contributed by atoms with Crippen molar-refractivity contribution in [2.24, 2.45) is 0 Å². The van der Waals surface area contributed by atoms with Gasteiger partial charge in [-0.15, -0.1) is 0 Å². The lowest BCUT2D eigenvalue weighted by molar-refractivity contribution is 0.102. The summed E-state index contributed by atoms with van der Waals surface area (Å²) < 4.78 is 24.4. The molecule has 166 valence electrons. The van der Waals surface area contributed by atoms with Crippen LogP contribution in [-0.4, -0.2) is 25.6 Å². The van der Waals surface area contributed by atoms with Gasteiger partial charge in [0.05, 0.1) is 10.6 Å². The Morgan fingerprint density at radius 3 is 2.36 bits per heavy atom. The predicted octanol–water partition coefficient (Wildman–Crippen LogP) is 5.69. The summed E-state index contributed by atoms with van der Waals surface area (Å²) >= 11 is 0. The normalized spacial score (nSPS) is 11.2. The Balaban J connectivity index is 1.75. The van der Waals surface area contributed by atoms with Gasteiger partial charge in [0.1, 0.15) is 0 Å². The van der Waals surface area contributed by atoms with E-state index >= 15 is 0 Å². The highest BCUT2D eigenvalue weighted by atomic mass is 32.2. The summed E-state index contributed by atoms with van der Waals surface area (Å²) in [7, 11) is -3.43. The van der Waals surface area contributed by atoms with Crippen molar-refractivity contribution in [1.29, 1.82) is 0 Å². The van der Waals surface area contributed by atoms with Crippen LogP contribution in [0.3, 0.4) is 0 Å². The molecule has 0 saturated heterocycles. The number of rotatable bonds is 5. The lowest BCUT2D eigenvalue weighted by Gasteiger charge is -2.15. The quantitative estimate of drug-likeness (QED) is 0.419. The molecule has 6 heteroatoms. The third-order valence-corrected chi connectivity index (χ3v) is 6.53. The van der Waals surface area contributed by atoms with Gasteiger partial charge in [-0.2, -0.15) is 0 Å². The molecular formula is C27H24N2O3S. The van der Waals surface area contributed by atoms with Crippen LogP contribution >= 0.6 is 0 Å². The van der Waals surface area contributed by atoms with E-state index in [1.54, 1.807) is 18.3 Å². The molecule has 1 aromatic heterocycles. The largest absolute Gasteiger partial charge is 0.322 e. The van der Waals surface area contributed by atoms with E-state index in [1.165, 1.54) is 6.07 Å². The fourth-order valence-electron chi connectivity index (χ4n) is 3.78. The summed E-state index contributed by atoms with van der Waals surface area (Å²) in [5.74, 6) is -0.316. The van der Waals surface area contributed by atoms with Gasteiger partial charge in [-0.05, 0) is 73.0 Å². The lowest BCUT2D eigenvalue weighted by Crippen LogP contribution is -2.14.